The molecule has 0 fully saturated rings. The Morgan fingerprint density at radius 3 is 2.24 bits per heavy atom. The molecule has 0 heterocycles. The minimum absolute atomic E-state index is 0.0166. The molecule has 1 aromatic carbocycles. The smallest absolute Gasteiger partial charge is 0.165 e. The van der Waals surface area contributed by atoms with Crippen molar-refractivity contribution in [3.63, 3.8) is 0 Å². The molecule has 0 aromatic heterocycles. The van der Waals surface area contributed by atoms with E-state index in [0.29, 0.717) is 0 Å². The van der Waals surface area contributed by atoms with Gasteiger partial charge in [-0.15, -0.1) is 0 Å². The number of ketones is 1. The fraction of sp³-hybridized carbons (Fsp3) is 0.500. The first-order chi connectivity index (χ1) is 8.08. The van der Waals surface area contributed by atoms with Crippen LogP contribution in [-0.4, -0.2) is 17.0 Å². The van der Waals surface area contributed by atoms with E-state index in [4.69, 9.17) is 0 Å². The van der Waals surface area contributed by atoms with Crippen LogP contribution < -0.4 is 0 Å². The van der Waals surface area contributed by atoms with Crippen LogP contribution in [0.5, 0.6) is 0 Å². The number of halogens is 1. The maximum atomic E-state index is 12.7. The van der Waals surface area contributed by atoms with Crippen LogP contribution in [0.15, 0.2) is 24.3 Å². The topological polar surface area (TPSA) is 37.3 Å². The van der Waals surface area contributed by atoms with Crippen molar-refractivity contribution in [2.75, 3.05) is 0 Å². The summed E-state index contributed by atoms with van der Waals surface area (Å²) in [5.74, 6) is -0.491. The molecule has 1 N–H and O–H groups in total. The molecular weight excluding hydrogens is 219 g/mol. The summed E-state index contributed by atoms with van der Waals surface area (Å²) in [6, 6.07) is 5.80. The third-order valence-corrected chi connectivity index (χ3v) is 3.12. The van der Waals surface area contributed by atoms with Gasteiger partial charge in [0, 0.05) is 6.42 Å². The molecule has 0 aliphatic carbocycles. The highest BCUT2D eigenvalue weighted by molar-refractivity contribution is 5.85. The molecule has 0 saturated carbocycles. The summed E-state index contributed by atoms with van der Waals surface area (Å²) in [7, 11) is 0. The van der Waals surface area contributed by atoms with Crippen molar-refractivity contribution < 1.29 is 14.3 Å². The van der Waals surface area contributed by atoms with Crippen LogP contribution in [0, 0.1) is 11.7 Å². The predicted molar refractivity (Wildman–Crippen MR) is 65.2 cm³/mol. The first-order valence-electron chi connectivity index (χ1n) is 6.03. The van der Waals surface area contributed by atoms with Gasteiger partial charge >= 0.3 is 0 Å². The number of aliphatic hydroxyl groups excluding tert-OH is 1. The van der Waals surface area contributed by atoms with Gasteiger partial charge < -0.3 is 5.11 Å². The Labute approximate surface area is 101 Å². The fourth-order valence-corrected chi connectivity index (χ4v) is 1.91. The largest absolute Gasteiger partial charge is 0.385 e. The second kappa shape index (κ2) is 6.50. The summed E-state index contributed by atoms with van der Waals surface area (Å²) in [6.07, 6.45) is 0.826. The van der Waals surface area contributed by atoms with Crippen molar-refractivity contribution in [3.05, 3.63) is 35.6 Å². The molecule has 0 radical (unpaired) electrons. The van der Waals surface area contributed by atoms with E-state index in [2.05, 4.69) is 0 Å². The first-order valence-corrected chi connectivity index (χ1v) is 6.03. The molecule has 1 rings (SSSR count). The maximum absolute atomic E-state index is 12.7. The van der Waals surface area contributed by atoms with Gasteiger partial charge in [0.15, 0.2) is 5.78 Å². The highest BCUT2D eigenvalue weighted by Crippen LogP contribution is 2.15. The Morgan fingerprint density at radius 2 is 1.76 bits per heavy atom. The third-order valence-electron chi connectivity index (χ3n) is 3.12. The van der Waals surface area contributed by atoms with Crippen LogP contribution in [0.25, 0.3) is 0 Å². The van der Waals surface area contributed by atoms with Crippen molar-refractivity contribution in [2.24, 2.45) is 5.92 Å². The lowest BCUT2D eigenvalue weighted by Gasteiger charge is -2.18. The molecule has 1 unspecified atom stereocenters. The highest BCUT2D eigenvalue weighted by atomic mass is 19.1. The Bertz CT molecular complexity index is 355. The lowest BCUT2D eigenvalue weighted by atomic mass is 9.91. The maximum Gasteiger partial charge on any atom is 0.165 e. The van der Waals surface area contributed by atoms with Crippen LogP contribution in [-0.2, 0) is 11.2 Å². The van der Waals surface area contributed by atoms with Crippen LogP contribution in [0.1, 0.15) is 32.3 Å². The Balaban J connectivity index is 2.62. The standard InChI is InChI=1S/C14H19FO2/c1-3-11(4-2)14(17)13(16)9-10-5-7-12(15)8-6-10/h5-8,11,14,17H,3-4,9H2,1-2H3. The van der Waals surface area contributed by atoms with Crippen molar-refractivity contribution >= 4 is 5.78 Å². The SMILES string of the molecule is CCC(CC)C(O)C(=O)Cc1ccc(F)cc1. The van der Waals surface area contributed by atoms with E-state index in [1.165, 1.54) is 12.1 Å². The van der Waals surface area contributed by atoms with E-state index < -0.39 is 6.10 Å². The molecule has 17 heavy (non-hydrogen) atoms. The Morgan fingerprint density at radius 1 is 1.24 bits per heavy atom. The molecule has 0 spiro atoms. The number of rotatable bonds is 6. The zero-order chi connectivity index (χ0) is 12.8. The zero-order valence-corrected chi connectivity index (χ0v) is 10.3. The molecule has 94 valence electrons. The van der Waals surface area contributed by atoms with E-state index >= 15 is 0 Å². The van der Waals surface area contributed by atoms with E-state index in [9.17, 15) is 14.3 Å². The van der Waals surface area contributed by atoms with Crippen molar-refractivity contribution in [1.29, 1.82) is 0 Å². The molecule has 0 aliphatic rings. The van der Waals surface area contributed by atoms with Gasteiger partial charge in [-0.3, -0.25) is 4.79 Å². The minimum atomic E-state index is -0.907. The van der Waals surface area contributed by atoms with Gasteiger partial charge in [0.05, 0.1) is 0 Å². The molecule has 0 saturated heterocycles. The number of carbonyl (C=O) groups excluding carboxylic acids is 1. The Hall–Kier alpha value is -1.22. The molecule has 0 amide bonds. The van der Waals surface area contributed by atoms with Gasteiger partial charge in [0.2, 0.25) is 0 Å². The van der Waals surface area contributed by atoms with Crippen LogP contribution >= 0.6 is 0 Å². The average molecular weight is 238 g/mol. The minimum Gasteiger partial charge on any atom is -0.385 e. The summed E-state index contributed by atoms with van der Waals surface area (Å²) in [6.45, 7) is 3.92. The van der Waals surface area contributed by atoms with Gasteiger partial charge in [-0.25, -0.2) is 4.39 Å². The lowest BCUT2D eigenvalue weighted by Crippen LogP contribution is -2.30. The van der Waals surface area contributed by atoms with Gasteiger partial charge in [0.25, 0.3) is 0 Å². The normalized spacial score (nSPS) is 12.8. The molecule has 2 nitrogen and oxygen atoms in total. The van der Waals surface area contributed by atoms with E-state index in [1.807, 2.05) is 13.8 Å². The molecular formula is C14H19FO2. The first kappa shape index (κ1) is 13.8. The number of carbonyl (C=O) groups is 1. The molecule has 0 bridgehead atoms. The highest BCUT2D eigenvalue weighted by Gasteiger charge is 2.22. The summed E-state index contributed by atoms with van der Waals surface area (Å²) in [4.78, 5) is 11.8. The number of hydrogen-bond donors (Lipinski definition) is 1. The second-order valence-electron chi connectivity index (χ2n) is 4.29. The average Bonchev–Trinajstić information content (AvgIpc) is 2.33. The van der Waals surface area contributed by atoms with Crippen LogP contribution in [0.2, 0.25) is 0 Å². The molecule has 3 heteroatoms. The van der Waals surface area contributed by atoms with Gasteiger partial charge in [-0.2, -0.15) is 0 Å². The summed E-state index contributed by atoms with van der Waals surface area (Å²) in [5.41, 5.74) is 0.737. The van der Waals surface area contributed by atoms with Crippen molar-refractivity contribution in [3.8, 4) is 0 Å². The van der Waals surface area contributed by atoms with Crippen molar-refractivity contribution in [2.45, 2.75) is 39.2 Å². The second-order valence-corrected chi connectivity index (χ2v) is 4.29. The zero-order valence-electron chi connectivity index (χ0n) is 10.3. The van der Waals surface area contributed by atoms with E-state index in [0.717, 1.165) is 18.4 Å². The monoisotopic (exact) mass is 238 g/mol. The van der Waals surface area contributed by atoms with E-state index in [-0.39, 0.29) is 23.9 Å². The summed E-state index contributed by atoms with van der Waals surface area (Å²) >= 11 is 0. The van der Waals surface area contributed by atoms with Gasteiger partial charge in [-0.1, -0.05) is 38.8 Å². The molecule has 1 atom stereocenters. The summed E-state index contributed by atoms with van der Waals surface area (Å²) in [5, 5.41) is 9.87. The van der Waals surface area contributed by atoms with Crippen LogP contribution in [0.3, 0.4) is 0 Å². The number of benzene rings is 1. The van der Waals surface area contributed by atoms with Gasteiger partial charge in [0.1, 0.15) is 11.9 Å². The summed E-state index contributed by atoms with van der Waals surface area (Å²) < 4.78 is 12.7. The Kier molecular flexibility index (Phi) is 5.29. The third kappa shape index (κ3) is 3.93. The number of Topliss-reactive ketones (excluding diaryl/α,β-unsaturated/α-hetero) is 1. The number of hydrogen-bond acceptors (Lipinski definition) is 2. The van der Waals surface area contributed by atoms with Crippen LogP contribution in [0.4, 0.5) is 4.39 Å². The predicted octanol–water partition coefficient (Wildman–Crippen LogP) is 2.73. The fourth-order valence-electron chi connectivity index (χ4n) is 1.91. The molecule has 1 aromatic rings. The van der Waals surface area contributed by atoms with Crippen molar-refractivity contribution in [1.82, 2.24) is 0 Å². The lowest BCUT2D eigenvalue weighted by molar-refractivity contribution is -0.129. The number of aliphatic hydroxyl groups is 1. The quantitative estimate of drug-likeness (QED) is 0.827. The van der Waals surface area contributed by atoms with E-state index in [1.54, 1.807) is 12.1 Å². The van der Waals surface area contributed by atoms with Gasteiger partial charge in [-0.05, 0) is 23.6 Å². The molecule has 0 aliphatic heterocycles.